The van der Waals surface area contributed by atoms with E-state index in [9.17, 15) is 0 Å². The summed E-state index contributed by atoms with van der Waals surface area (Å²) in [6, 6.07) is 91.5. The lowest BCUT2D eigenvalue weighted by Gasteiger charge is -2.43. The lowest BCUT2D eigenvalue weighted by molar-refractivity contribution is 1.02. The predicted octanol–water partition coefficient (Wildman–Crippen LogP) is 5.32. The number of para-hydroxylation sites is 2. The second kappa shape index (κ2) is 14.9. The van der Waals surface area contributed by atoms with Crippen molar-refractivity contribution in [2.45, 2.75) is 5.92 Å². The van der Waals surface area contributed by atoms with Crippen LogP contribution in [0.1, 0.15) is 22.6 Å². The van der Waals surface area contributed by atoms with Gasteiger partial charge < -0.3 is 4.90 Å². The average Bonchev–Trinajstić information content (AvgIpc) is 3.72. The second-order valence-electron chi connectivity index (χ2n) is 18.6. The highest BCUT2D eigenvalue weighted by atomic mass is 15.1. The van der Waals surface area contributed by atoms with E-state index in [1.54, 1.807) is 0 Å². The minimum Gasteiger partial charge on any atom is -0.311 e. The number of nitrogens with zero attached hydrogens (tertiary/aromatic N) is 1. The van der Waals surface area contributed by atoms with Crippen LogP contribution in [0.5, 0.6) is 0 Å². The Morgan fingerprint density at radius 1 is 0.258 bits per heavy atom. The Labute approximate surface area is 388 Å². The molecule has 302 valence electrons. The normalized spacial score (nSPS) is 13.6. The molecule has 0 N–H and O–H groups in total. The first-order valence-electron chi connectivity index (χ1n) is 23.5. The Morgan fingerprint density at radius 3 is 1.05 bits per heavy atom. The van der Waals surface area contributed by atoms with E-state index < -0.39 is 0 Å². The average molecular weight is 831 g/mol. The van der Waals surface area contributed by atoms with Crippen LogP contribution < -0.4 is 70.5 Å². The van der Waals surface area contributed by atoms with E-state index in [1.807, 2.05) is 0 Å². The van der Waals surface area contributed by atoms with Crippen molar-refractivity contribution in [2.75, 3.05) is 4.90 Å². The van der Waals surface area contributed by atoms with Crippen LogP contribution >= 0.6 is 0 Å². The van der Waals surface area contributed by atoms with Crippen LogP contribution in [-0.2, 0) is 0 Å². The summed E-state index contributed by atoms with van der Waals surface area (Å²) < 4.78 is 0. The molecule has 0 saturated carbocycles. The number of anilines is 3. The first-order valence-corrected chi connectivity index (χ1v) is 23.5. The Morgan fingerprint density at radius 2 is 0.591 bits per heavy atom. The van der Waals surface area contributed by atoms with E-state index in [0.29, 0.717) is 0 Å². The van der Waals surface area contributed by atoms with Gasteiger partial charge in [-0.2, -0.15) is 0 Å². The van der Waals surface area contributed by atoms with E-state index >= 15 is 0 Å². The zero-order valence-electron chi connectivity index (χ0n) is 36.4. The summed E-state index contributed by atoms with van der Waals surface area (Å²) in [7, 11) is 0. The van der Waals surface area contributed by atoms with Crippen molar-refractivity contribution in [3.63, 3.8) is 0 Å². The third-order valence-corrected chi connectivity index (χ3v) is 15.4. The first-order chi connectivity index (χ1) is 32.8. The highest BCUT2D eigenvalue weighted by molar-refractivity contribution is 7.21. The topological polar surface area (TPSA) is 3.24 Å². The Hall–Kier alpha value is -7.74. The van der Waals surface area contributed by atoms with E-state index in [0.717, 1.165) is 17.1 Å². The molecule has 0 bridgehead atoms. The monoisotopic (exact) mass is 831 g/mol. The number of hydrogen-bond acceptors (Lipinski definition) is 1. The summed E-state index contributed by atoms with van der Waals surface area (Å²) >= 11 is 0. The molecule has 4 aliphatic rings. The molecule has 0 spiro atoms. The van der Waals surface area contributed by atoms with Gasteiger partial charge in [-0.15, -0.1) is 0 Å². The third-order valence-electron chi connectivity index (χ3n) is 15.4. The van der Waals surface area contributed by atoms with E-state index in [1.165, 1.54) is 93.4 Å². The molecule has 0 unspecified atom stereocenters. The van der Waals surface area contributed by atoms with Gasteiger partial charge in [0.2, 0.25) is 26.9 Å². The van der Waals surface area contributed by atoms with Gasteiger partial charge in [-0.3, -0.25) is 0 Å². The molecule has 1 nitrogen and oxygen atoms in total. The Kier molecular flexibility index (Phi) is 8.50. The van der Waals surface area contributed by atoms with Gasteiger partial charge in [0.05, 0.1) is 0 Å². The molecular weight excluding hydrogens is 790 g/mol. The van der Waals surface area contributed by atoms with Crippen LogP contribution in [0.3, 0.4) is 0 Å². The quantitative estimate of drug-likeness (QED) is 0.206. The molecule has 0 fully saturated rings. The van der Waals surface area contributed by atoms with Crippen LogP contribution in [0, 0.1) is 0 Å². The summed E-state index contributed by atoms with van der Waals surface area (Å²) in [4.78, 5) is 2.35. The van der Waals surface area contributed by atoms with Gasteiger partial charge in [-0.25, -0.2) is 0 Å². The first kappa shape index (κ1) is 37.6. The van der Waals surface area contributed by atoms with Crippen molar-refractivity contribution in [2.24, 2.45) is 0 Å². The fourth-order valence-electron chi connectivity index (χ4n) is 12.8. The maximum atomic E-state index is 2.45. The maximum absolute atomic E-state index is 2.45. The van der Waals surface area contributed by atoms with E-state index in [2.05, 4.69) is 248 Å². The van der Waals surface area contributed by atoms with Crippen molar-refractivity contribution >= 4 is 109 Å². The zero-order valence-corrected chi connectivity index (χ0v) is 36.4. The lowest BCUT2D eigenvalue weighted by Crippen LogP contribution is -2.89. The molecular formula is C61H41B4N. The van der Waals surface area contributed by atoms with Crippen molar-refractivity contribution in [3.8, 4) is 11.1 Å². The Bertz CT molecular complexity index is 3280. The summed E-state index contributed by atoms with van der Waals surface area (Å²) in [5.74, 6) is 0.232. The fourth-order valence-corrected chi connectivity index (χ4v) is 12.8. The van der Waals surface area contributed by atoms with Crippen molar-refractivity contribution in [3.05, 3.63) is 259 Å². The van der Waals surface area contributed by atoms with E-state index in [-0.39, 0.29) is 32.8 Å². The minimum absolute atomic E-state index is 0.108. The number of hydrogen-bond donors (Lipinski definition) is 0. The fraction of sp³-hybridized carbons (Fsp3) is 0.0164. The molecule has 3 heterocycles. The van der Waals surface area contributed by atoms with Crippen molar-refractivity contribution in [1.82, 2.24) is 0 Å². The van der Waals surface area contributed by atoms with Gasteiger partial charge >= 0.3 is 0 Å². The lowest BCUT2D eigenvalue weighted by atomic mass is 9.11. The van der Waals surface area contributed by atoms with Crippen LogP contribution in [0.25, 0.3) is 11.1 Å². The van der Waals surface area contributed by atoms with Gasteiger partial charge in [0.15, 0.2) is 0 Å². The smallest absolute Gasteiger partial charge is 0.240 e. The van der Waals surface area contributed by atoms with Crippen LogP contribution in [0.2, 0.25) is 0 Å². The van der Waals surface area contributed by atoms with Crippen molar-refractivity contribution in [1.29, 1.82) is 0 Å². The van der Waals surface area contributed by atoms with E-state index in [4.69, 9.17) is 0 Å². The van der Waals surface area contributed by atoms with Gasteiger partial charge in [0.1, 0.15) is 0 Å². The minimum atomic E-state index is 0.108. The molecule has 0 aromatic heterocycles. The van der Waals surface area contributed by atoms with Crippen LogP contribution in [0.15, 0.2) is 243 Å². The summed E-state index contributed by atoms with van der Waals surface area (Å²) in [6.45, 7) is 0.540. The highest BCUT2D eigenvalue weighted by Gasteiger charge is 2.49. The molecule has 3 aliphatic heterocycles. The molecule has 0 amide bonds. The van der Waals surface area contributed by atoms with Gasteiger partial charge in [0, 0.05) is 23.0 Å². The second-order valence-corrected chi connectivity index (χ2v) is 18.6. The van der Waals surface area contributed by atoms with Crippen LogP contribution in [0.4, 0.5) is 17.1 Å². The van der Waals surface area contributed by atoms with Gasteiger partial charge in [-0.1, -0.05) is 272 Å². The summed E-state index contributed by atoms with van der Waals surface area (Å²) in [5.41, 5.74) is 27.4. The third kappa shape index (κ3) is 5.53. The molecule has 14 rings (SSSR count). The molecule has 1 aliphatic carbocycles. The molecule has 0 saturated heterocycles. The molecule has 5 heteroatoms. The molecule has 10 aromatic rings. The van der Waals surface area contributed by atoms with Gasteiger partial charge in [0.25, 0.3) is 0 Å². The summed E-state index contributed by atoms with van der Waals surface area (Å²) in [6.07, 6.45) is 0. The predicted molar refractivity (Wildman–Crippen MR) is 285 cm³/mol. The summed E-state index contributed by atoms with van der Waals surface area (Å²) in [5, 5.41) is 0. The van der Waals surface area contributed by atoms with Crippen LogP contribution in [-0.4, -0.2) is 26.9 Å². The van der Waals surface area contributed by atoms with Gasteiger partial charge in [-0.05, 0) is 64.2 Å². The standard InChI is InChI=1S/C61H41B4N/c1-3-17-44(18-4-1)66(45-19-5-2-6-20-45)46-39-37-43(38-40-46)63-52-26-12-14-28-54(52)65-57-31-15-29-55-60(57)64(58-32-16-30-56(63)61(58)65)53-27-13-11-25-51(53)62(55)42-35-33-41(34-36-42)59-49-23-9-7-21-47(49)48-22-8-10-24-50(48)59/h1-40,59H. The molecule has 0 radical (unpaired) electrons. The van der Waals surface area contributed by atoms with Crippen molar-refractivity contribution < 1.29 is 0 Å². The number of rotatable bonds is 6. The Balaban J connectivity index is 0.892. The molecule has 66 heavy (non-hydrogen) atoms. The largest absolute Gasteiger partial charge is 0.311 e. The maximum Gasteiger partial charge on any atom is 0.240 e. The number of benzene rings is 10. The molecule has 0 atom stereocenters. The number of fused-ring (bicyclic) bond motifs is 9. The SMILES string of the molecule is c1ccc(N(c2ccccc2)c2ccc(B3c4ccccc4B4c5cccc6c5B(c5ccccc5B6c5ccc(C6c7ccccc7-c7ccccc76)cc5)c5cccc3c54)cc2)cc1. The zero-order chi connectivity index (χ0) is 43.3. The highest BCUT2D eigenvalue weighted by Crippen LogP contribution is 2.47. The molecule has 10 aromatic carbocycles.